The predicted octanol–water partition coefficient (Wildman–Crippen LogP) is 2.51. The lowest BCUT2D eigenvalue weighted by atomic mass is 10.2. The molecule has 0 aliphatic carbocycles. The van der Waals surface area contributed by atoms with Crippen LogP contribution >= 0.6 is 12.2 Å². The minimum atomic E-state index is -0.429. The highest BCUT2D eigenvalue weighted by atomic mass is 32.1. The molecule has 0 aliphatic rings. The van der Waals surface area contributed by atoms with Crippen molar-refractivity contribution < 1.29 is 19.4 Å². The number of esters is 1. The molecule has 0 fully saturated rings. The Bertz CT molecular complexity index is 808. The maximum absolute atomic E-state index is 11.5. The highest BCUT2D eigenvalue weighted by Crippen LogP contribution is 2.25. The van der Waals surface area contributed by atoms with Crippen LogP contribution in [0.15, 0.2) is 47.6 Å². The van der Waals surface area contributed by atoms with Gasteiger partial charge in [-0.05, 0) is 54.2 Å². The Morgan fingerprint density at radius 1 is 1.24 bits per heavy atom. The topological polar surface area (TPSA) is 92.2 Å². The minimum Gasteiger partial charge on any atom is -0.504 e. The van der Waals surface area contributed by atoms with Gasteiger partial charge in [-0.3, -0.25) is 5.43 Å². The Morgan fingerprint density at radius 2 is 2.04 bits per heavy atom. The van der Waals surface area contributed by atoms with Gasteiger partial charge in [-0.15, -0.1) is 0 Å². The van der Waals surface area contributed by atoms with Crippen molar-refractivity contribution in [1.82, 2.24) is 5.43 Å². The third-order valence-electron chi connectivity index (χ3n) is 3.13. The molecular formula is C17H17N3O4S. The third kappa shape index (κ3) is 5.18. The number of carbonyl (C=O) groups is 1. The van der Waals surface area contributed by atoms with E-state index in [4.69, 9.17) is 17.0 Å². The van der Waals surface area contributed by atoms with E-state index in [9.17, 15) is 9.90 Å². The molecule has 0 radical (unpaired) electrons. The molecule has 0 atom stereocenters. The molecule has 0 bridgehead atoms. The van der Waals surface area contributed by atoms with E-state index in [2.05, 4.69) is 20.6 Å². The number of rotatable bonds is 5. The van der Waals surface area contributed by atoms with Crippen molar-refractivity contribution >= 4 is 35.2 Å². The van der Waals surface area contributed by atoms with Crippen LogP contribution in [0.5, 0.6) is 11.5 Å². The van der Waals surface area contributed by atoms with E-state index in [1.807, 2.05) is 0 Å². The summed E-state index contributed by atoms with van der Waals surface area (Å²) in [7, 11) is 2.79. The molecule has 2 aromatic rings. The zero-order valence-corrected chi connectivity index (χ0v) is 14.5. The fourth-order valence-corrected chi connectivity index (χ4v) is 2.11. The van der Waals surface area contributed by atoms with E-state index < -0.39 is 5.97 Å². The molecular weight excluding hydrogens is 342 g/mol. The number of hydrogen-bond donors (Lipinski definition) is 3. The van der Waals surface area contributed by atoms with E-state index in [0.717, 1.165) is 5.56 Å². The zero-order chi connectivity index (χ0) is 18.2. The summed E-state index contributed by atoms with van der Waals surface area (Å²) in [5.41, 5.74) is 4.42. The number of nitrogens with one attached hydrogen (secondary N) is 2. The lowest BCUT2D eigenvalue weighted by Gasteiger charge is -2.08. The maximum atomic E-state index is 11.5. The molecule has 2 aromatic carbocycles. The van der Waals surface area contributed by atoms with Gasteiger partial charge >= 0.3 is 5.97 Å². The number of nitrogens with zero attached hydrogens (tertiary/aromatic N) is 1. The van der Waals surface area contributed by atoms with Crippen LogP contribution in [-0.2, 0) is 4.74 Å². The van der Waals surface area contributed by atoms with E-state index in [0.29, 0.717) is 17.0 Å². The van der Waals surface area contributed by atoms with E-state index >= 15 is 0 Å². The summed E-state index contributed by atoms with van der Waals surface area (Å²) >= 11 is 5.14. The molecule has 3 N–H and O–H groups in total. The first-order valence-corrected chi connectivity index (χ1v) is 7.59. The molecule has 0 aliphatic heterocycles. The monoisotopic (exact) mass is 359 g/mol. The van der Waals surface area contributed by atoms with Gasteiger partial charge in [0.2, 0.25) is 0 Å². The number of aromatic hydroxyl groups is 1. The van der Waals surface area contributed by atoms with Crippen LogP contribution in [0.4, 0.5) is 5.69 Å². The second-order valence-corrected chi connectivity index (χ2v) is 5.24. The van der Waals surface area contributed by atoms with Crippen LogP contribution in [0.2, 0.25) is 0 Å². The number of anilines is 1. The van der Waals surface area contributed by atoms with Crippen LogP contribution < -0.4 is 15.5 Å². The van der Waals surface area contributed by atoms with Crippen LogP contribution in [0.3, 0.4) is 0 Å². The smallest absolute Gasteiger partial charge is 0.337 e. The number of phenolic OH excluding ortho intramolecular Hbond substituents is 1. The van der Waals surface area contributed by atoms with Gasteiger partial charge in [0, 0.05) is 5.69 Å². The lowest BCUT2D eigenvalue weighted by Crippen LogP contribution is -2.24. The summed E-state index contributed by atoms with van der Waals surface area (Å²) in [6, 6.07) is 11.6. The molecule has 0 amide bonds. The highest BCUT2D eigenvalue weighted by Gasteiger charge is 2.06. The molecule has 0 saturated heterocycles. The van der Waals surface area contributed by atoms with Crippen molar-refractivity contribution in [3.8, 4) is 11.5 Å². The average Bonchev–Trinajstić information content (AvgIpc) is 2.62. The van der Waals surface area contributed by atoms with Crippen molar-refractivity contribution in [1.29, 1.82) is 0 Å². The first-order chi connectivity index (χ1) is 12.0. The molecule has 0 spiro atoms. The number of carbonyl (C=O) groups excluding carboxylic acids is 1. The van der Waals surface area contributed by atoms with Crippen LogP contribution in [0.1, 0.15) is 15.9 Å². The minimum absolute atomic E-state index is 0.0512. The van der Waals surface area contributed by atoms with Gasteiger partial charge in [0.05, 0.1) is 26.0 Å². The second kappa shape index (κ2) is 8.65. The van der Waals surface area contributed by atoms with Crippen LogP contribution in [0.25, 0.3) is 0 Å². The number of hydrogen-bond acceptors (Lipinski definition) is 6. The molecule has 130 valence electrons. The van der Waals surface area contributed by atoms with Crippen molar-refractivity contribution in [3.05, 3.63) is 53.6 Å². The van der Waals surface area contributed by atoms with E-state index in [1.165, 1.54) is 26.5 Å². The van der Waals surface area contributed by atoms with E-state index in [1.54, 1.807) is 36.4 Å². The Morgan fingerprint density at radius 3 is 2.76 bits per heavy atom. The molecule has 0 unspecified atom stereocenters. The fourth-order valence-electron chi connectivity index (χ4n) is 1.94. The molecule has 0 saturated carbocycles. The van der Waals surface area contributed by atoms with Crippen molar-refractivity contribution in [3.63, 3.8) is 0 Å². The second-order valence-electron chi connectivity index (χ2n) is 4.83. The van der Waals surface area contributed by atoms with Crippen molar-refractivity contribution in [2.45, 2.75) is 0 Å². The summed E-state index contributed by atoms with van der Waals surface area (Å²) in [6.07, 6.45) is 1.53. The van der Waals surface area contributed by atoms with E-state index in [-0.39, 0.29) is 10.9 Å². The van der Waals surface area contributed by atoms with Crippen LogP contribution in [0, 0.1) is 0 Å². The number of thiocarbonyl (C=S) groups is 1. The summed E-state index contributed by atoms with van der Waals surface area (Å²) in [4.78, 5) is 11.5. The Labute approximate surface area is 150 Å². The Kier molecular flexibility index (Phi) is 6.30. The van der Waals surface area contributed by atoms with Gasteiger partial charge in [0.15, 0.2) is 16.6 Å². The predicted molar refractivity (Wildman–Crippen MR) is 99.4 cm³/mol. The molecule has 7 nitrogen and oxygen atoms in total. The molecule has 8 heteroatoms. The standard InChI is InChI=1S/C17H17N3O4S/c1-23-15-8-11(6-7-14(15)21)10-18-20-17(25)19-13-5-3-4-12(9-13)16(22)24-2/h3-10,21H,1-2H3,(H2,19,20,25). The highest BCUT2D eigenvalue weighted by molar-refractivity contribution is 7.80. The Hall–Kier alpha value is -3.13. The maximum Gasteiger partial charge on any atom is 0.337 e. The molecule has 0 aromatic heterocycles. The summed E-state index contributed by atoms with van der Waals surface area (Å²) in [5.74, 6) is -0.0265. The van der Waals surface area contributed by atoms with Gasteiger partial charge in [-0.2, -0.15) is 5.10 Å². The first kappa shape index (κ1) is 18.2. The normalized spacial score (nSPS) is 10.3. The largest absolute Gasteiger partial charge is 0.504 e. The summed E-state index contributed by atoms with van der Waals surface area (Å²) in [6.45, 7) is 0. The quantitative estimate of drug-likeness (QED) is 0.327. The molecule has 2 rings (SSSR count). The Balaban J connectivity index is 1.95. The molecule has 0 heterocycles. The zero-order valence-electron chi connectivity index (χ0n) is 13.6. The first-order valence-electron chi connectivity index (χ1n) is 7.19. The van der Waals surface area contributed by atoms with Gasteiger partial charge in [0.1, 0.15) is 0 Å². The van der Waals surface area contributed by atoms with Crippen LogP contribution in [-0.4, -0.2) is 36.6 Å². The van der Waals surface area contributed by atoms with Crippen molar-refractivity contribution in [2.75, 3.05) is 19.5 Å². The van der Waals surface area contributed by atoms with Gasteiger partial charge < -0.3 is 19.9 Å². The third-order valence-corrected chi connectivity index (χ3v) is 3.32. The number of ether oxygens (including phenoxy) is 2. The van der Waals surface area contributed by atoms with Gasteiger partial charge in [0.25, 0.3) is 0 Å². The fraction of sp³-hybridized carbons (Fsp3) is 0.118. The number of benzene rings is 2. The molecule has 25 heavy (non-hydrogen) atoms. The average molecular weight is 359 g/mol. The summed E-state index contributed by atoms with van der Waals surface area (Å²) in [5, 5.41) is 16.7. The number of methoxy groups -OCH3 is 2. The lowest BCUT2D eigenvalue weighted by molar-refractivity contribution is 0.0601. The summed E-state index contributed by atoms with van der Waals surface area (Å²) < 4.78 is 9.69. The van der Waals surface area contributed by atoms with Gasteiger partial charge in [-0.25, -0.2) is 4.79 Å². The number of hydrazone groups is 1. The SMILES string of the molecule is COC(=O)c1cccc(NC(=S)NN=Cc2ccc(O)c(OC)c2)c1. The van der Waals surface area contributed by atoms with Crippen molar-refractivity contribution in [2.24, 2.45) is 5.10 Å². The van der Waals surface area contributed by atoms with Gasteiger partial charge in [-0.1, -0.05) is 6.07 Å². The number of phenols is 1.